The molecular formula is C16H30O. The molecule has 0 atom stereocenters. The van der Waals surface area contributed by atoms with Crippen molar-refractivity contribution in [1.82, 2.24) is 0 Å². The second-order valence-corrected chi connectivity index (χ2v) is 5.47. The maximum atomic E-state index is 5.72. The summed E-state index contributed by atoms with van der Waals surface area (Å²) in [4.78, 5) is 0. The lowest BCUT2D eigenvalue weighted by atomic mass is 9.84. The van der Waals surface area contributed by atoms with E-state index in [0.29, 0.717) is 6.10 Å². The number of hydrogen-bond donors (Lipinski definition) is 0. The van der Waals surface area contributed by atoms with Crippen LogP contribution in [0.1, 0.15) is 71.1 Å². The Morgan fingerprint density at radius 1 is 1.06 bits per heavy atom. The van der Waals surface area contributed by atoms with Crippen molar-refractivity contribution in [2.24, 2.45) is 5.92 Å². The predicted octanol–water partition coefficient (Wildman–Crippen LogP) is 5.11. The summed E-state index contributed by atoms with van der Waals surface area (Å²) in [5.74, 6) is 0.986. The second kappa shape index (κ2) is 9.70. The van der Waals surface area contributed by atoms with Gasteiger partial charge in [-0.3, -0.25) is 0 Å². The fraction of sp³-hybridized carbons (Fsp3) is 0.875. The molecule has 17 heavy (non-hydrogen) atoms. The van der Waals surface area contributed by atoms with Crippen molar-refractivity contribution in [3.05, 3.63) is 12.7 Å². The highest BCUT2D eigenvalue weighted by molar-refractivity contribution is 4.74. The Morgan fingerprint density at radius 2 is 1.76 bits per heavy atom. The largest absolute Gasteiger partial charge is 0.374 e. The standard InChI is InChI=1S/C16H30O/c1-3-5-6-7-8-9-15-10-12-16(13-11-15)17-14-4-2/h4,15-16H,2-3,5-14H2,1H3. The average Bonchev–Trinajstić information content (AvgIpc) is 2.37. The Morgan fingerprint density at radius 3 is 2.41 bits per heavy atom. The predicted molar refractivity (Wildman–Crippen MR) is 75.3 cm³/mol. The Kier molecular flexibility index (Phi) is 8.42. The SMILES string of the molecule is C=CCOC1CCC(CCCCCCC)CC1. The summed E-state index contributed by atoms with van der Waals surface area (Å²) >= 11 is 0. The summed E-state index contributed by atoms with van der Waals surface area (Å²) in [5, 5.41) is 0. The smallest absolute Gasteiger partial charge is 0.0648 e. The molecule has 0 aliphatic heterocycles. The molecule has 0 amide bonds. The zero-order valence-corrected chi connectivity index (χ0v) is 11.6. The normalized spacial score (nSPS) is 24.8. The maximum absolute atomic E-state index is 5.72. The molecule has 0 spiro atoms. The van der Waals surface area contributed by atoms with Crippen LogP contribution in [0.4, 0.5) is 0 Å². The Balaban J connectivity index is 1.97. The minimum Gasteiger partial charge on any atom is -0.374 e. The third-order valence-electron chi connectivity index (χ3n) is 3.96. The van der Waals surface area contributed by atoms with Gasteiger partial charge in [-0.2, -0.15) is 0 Å². The van der Waals surface area contributed by atoms with Crippen molar-refractivity contribution in [3.63, 3.8) is 0 Å². The minimum absolute atomic E-state index is 0.518. The highest BCUT2D eigenvalue weighted by Crippen LogP contribution is 2.30. The van der Waals surface area contributed by atoms with Crippen LogP contribution in [0.15, 0.2) is 12.7 Å². The molecule has 1 aliphatic rings. The Hall–Kier alpha value is -0.300. The van der Waals surface area contributed by atoms with Crippen LogP contribution in [0.2, 0.25) is 0 Å². The molecule has 1 saturated carbocycles. The third-order valence-corrected chi connectivity index (χ3v) is 3.96. The molecule has 1 fully saturated rings. The summed E-state index contributed by atoms with van der Waals surface area (Å²) in [7, 11) is 0. The molecule has 0 heterocycles. The van der Waals surface area contributed by atoms with Crippen LogP contribution in [0.5, 0.6) is 0 Å². The Labute approximate surface area is 108 Å². The van der Waals surface area contributed by atoms with Gasteiger partial charge in [0.2, 0.25) is 0 Å². The van der Waals surface area contributed by atoms with Gasteiger partial charge in [0.15, 0.2) is 0 Å². The van der Waals surface area contributed by atoms with Gasteiger partial charge in [0, 0.05) is 0 Å². The topological polar surface area (TPSA) is 9.23 Å². The van der Waals surface area contributed by atoms with Crippen LogP contribution in [0, 0.1) is 5.92 Å². The van der Waals surface area contributed by atoms with E-state index in [1.54, 1.807) is 0 Å². The first-order valence-corrected chi connectivity index (χ1v) is 7.59. The second-order valence-electron chi connectivity index (χ2n) is 5.47. The van der Waals surface area contributed by atoms with Gasteiger partial charge in [-0.15, -0.1) is 6.58 Å². The number of unbranched alkanes of at least 4 members (excludes halogenated alkanes) is 4. The molecular weight excluding hydrogens is 208 g/mol. The monoisotopic (exact) mass is 238 g/mol. The zero-order chi connectivity index (χ0) is 12.3. The Bertz CT molecular complexity index is 180. The molecule has 1 nitrogen and oxygen atoms in total. The van der Waals surface area contributed by atoms with Crippen LogP contribution in [0.25, 0.3) is 0 Å². The fourth-order valence-corrected chi connectivity index (χ4v) is 2.83. The lowest BCUT2D eigenvalue weighted by molar-refractivity contribution is 0.0334. The van der Waals surface area contributed by atoms with Crippen LogP contribution in [0.3, 0.4) is 0 Å². The van der Waals surface area contributed by atoms with Gasteiger partial charge < -0.3 is 4.74 Å². The minimum atomic E-state index is 0.518. The van der Waals surface area contributed by atoms with Gasteiger partial charge >= 0.3 is 0 Å². The molecule has 1 rings (SSSR count). The van der Waals surface area contributed by atoms with E-state index in [-0.39, 0.29) is 0 Å². The van der Waals surface area contributed by atoms with Crippen molar-refractivity contribution in [2.75, 3.05) is 6.61 Å². The van der Waals surface area contributed by atoms with E-state index < -0.39 is 0 Å². The van der Waals surface area contributed by atoms with E-state index in [1.165, 1.54) is 64.2 Å². The quantitative estimate of drug-likeness (QED) is 0.401. The molecule has 0 radical (unpaired) electrons. The summed E-state index contributed by atoms with van der Waals surface area (Å²) in [6, 6.07) is 0. The van der Waals surface area contributed by atoms with E-state index in [1.807, 2.05) is 6.08 Å². The van der Waals surface area contributed by atoms with E-state index >= 15 is 0 Å². The summed E-state index contributed by atoms with van der Waals surface area (Å²) < 4.78 is 5.72. The number of ether oxygens (including phenoxy) is 1. The average molecular weight is 238 g/mol. The molecule has 0 unspecified atom stereocenters. The third kappa shape index (κ3) is 6.88. The van der Waals surface area contributed by atoms with Gasteiger partial charge in [-0.05, 0) is 31.6 Å². The summed E-state index contributed by atoms with van der Waals surface area (Å²) in [6.07, 6.45) is 16.2. The lowest BCUT2D eigenvalue weighted by Gasteiger charge is -2.28. The highest BCUT2D eigenvalue weighted by Gasteiger charge is 2.20. The van der Waals surface area contributed by atoms with E-state index in [9.17, 15) is 0 Å². The molecule has 100 valence electrons. The van der Waals surface area contributed by atoms with E-state index in [4.69, 9.17) is 4.74 Å². The zero-order valence-electron chi connectivity index (χ0n) is 11.6. The van der Waals surface area contributed by atoms with Gasteiger partial charge in [0.1, 0.15) is 0 Å². The lowest BCUT2D eigenvalue weighted by Crippen LogP contribution is -2.21. The van der Waals surface area contributed by atoms with Crippen LogP contribution in [-0.4, -0.2) is 12.7 Å². The molecule has 0 aromatic carbocycles. The van der Waals surface area contributed by atoms with Crippen LogP contribution in [-0.2, 0) is 4.74 Å². The molecule has 0 bridgehead atoms. The van der Waals surface area contributed by atoms with Gasteiger partial charge in [-0.25, -0.2) is 0 Å². The van der Waals surface area contributed by atoms with Crippen molar-refractivity contribution in [1.29, 1.82) is 0 Å². The first-order valence-electron chi connectivity index (χ1n) is 7.59. The van der Waals surface area contributed by atoms with Crippen molar-refractivity contribution in [2.45, 2.75) is 77.2 Å². The summed E-state index contributed by atoms with van der Waals surface area (Å²) in [6.45, 7) is 6.71. The van der Waals surface area contributed by atoms with Gasteiger partial charge in [0.05, 0.1) is 12.7 Å². The first kappa shape index (κ1) is 14.8. The van der Waals surface area contributed by atoms with Crippen molar-refractivity contribution in [3.8, 4) is 0 Å². The van der Waals surface area contributed by atoms with Crippen LogP contribution >= 0.6 is 0 Å². The molecule has 0 saturated heterocycles. The molecule has 0 N–H and O–H groups in total. The fourth-order valence-electron chi connectivity index (χ4n) is 2.83. The highest BCUT2D eigenvalue weighted by atomic mass is 16.5. The number of rotatable bonds is 9. The molecule has 0 aromatic rings. The van der Waals surface area contributed by atoms with Crippen LogP contribution < -0.4 is 0 Å². The van der Waals surface area contributed by atoms with Crippen molar-refractivity contribution >= 4 is 0 Å². The summed E-state index contributed by atoms with van der Waals surface area (Å²) in [5.41, 5.74) is 0. The number of hydrogen-bond acceptors (Lipinski definition) is 1. The van der Waals surface area contributed by atoms with Crippen molar-refractivity contribution < 1.29 is 4.74 Å². The molecule has 1 heteroatoms. The van der Waals surface area contributed by atoms with Gasteiger partial charge in [-0.1, -0.05) is 51.5 Å². The first-order chi connectivity index (χ1) is 8.36. The van der Waals surface area contributed by atoms with E-state index in [2.05, 4.69) is 13.5 Å². The van der Waals surface area contributed by atoms with Gasteiger partial charge in [0.25, 0.3) is 0 Å². The molecule has 0 aromatic heterocycles. The molecule has 1 aliphatic carbocycles. The van der Waals surface area contributed by atoms with E-state index in [0.717, 1.165) is 12.5 Å². The maximum Gasteiger partial charge on any atom is 0.0648 e.